The van der Waals surface area contributed by atoms with Crippen LogP contribution >= 0.6 is 0 Å². The molecule has 2 heterocycles. The van der Waals surface area contributed by atoms with E-state index in [1.165, 1.54) is 11.3 Å². The van der Waals surface area contributed by atoms with Crippen molar-refractivity contribution in [3.8, 4) is 0 Å². The van der Waals surface area contributed by atoms with E-state index >= 15 is 0 Å². The number of piperazine rings is 1. The molecule has 1 N–H and O–H groups in total. The topological polar surface area (TPSA) is 33.1 Å². The zero-order valence-electron chi connectivity index (χ0n) is 11.5. The Labute approximate surface area is 114 Å². The Morgan fingerprint density at radius 2 is 2.05 bits per heavy atom. The average Bonchev–Trinajstić information content (AvgIpc) is 2.87. The Balaban J connectivity index is 1.85. The lowest BCUT2D eigenvalue weighted by atomic mass is 9.89. The van der Waals surface area contributed by atoms with Gasteiger partial charge < -0.3 is 10.2 Å². The van der Waals surface area contributed by atoms with Crippen LogP contribution in [-0.4, -0.2) is 29.4 Å². The summed E-state index contributed by atoms with van der Waals surface area (Å²) in [4.78, 5) is 2.40. The van der Waals surface area contributed by atoms with Crippen LogP contribution in [0.3, 0.4) is 0 Å². The van der Waals surface area contributed by atoms with Gasteiger partial charge in [0.2, 0.25) is 0 Å². The first-order valence-corrected chi connectivity index (χ1v) is 6.71. The molecule has 3 rings (SSSR count). The Bertz CT molecular complexity index is 548. The molecular weight excluding hydrogens is 236 g/mol. The van der Waals surface area contributed by atoms with Gasteiger partial charge in [-0.15, -0.1) is 0 Å². The van der Waals surface area contributed by atoms with Crippen LogP contribution in [0.2, 0.25) is 0 Å². The van der Waals surface area contributed by atoms with Crippen LogP contribution in [-0.2, 0) is 12.6 Å². The smallest absolute Gasteiger partial charge is 0.0753 e. The number of anilines is 1. The Morgan fingerprint density at radius 3 is 2.74 bits per heavy atom. The van der Waals surface area contributed by atoms with E-state index in [1.54, 1.807) is 0 Å². The summed E-state index contributed by atoms with van der Waals surface area (Å²) in [6.07, 6.45) is 4.02. The molecule has 1 atom stereocenters. The van der Waals surface area contributed by atoms with Crippen LogP contribution in [0.25, 0.3) is 0 Å². The zero-order valence-corrected chi connectivity index (χ0v) is 11.5. The number of aromatic nitrogens is 2. The molecule has 4 nitrogen and oxygen atoms in total. The monoisotopic (exact) mass is 256 g/mol. The number of hydrogen-bond donors (Lipinski definition) is 1. The molecule has 1 aromatic carbocycles. The number of nitrogens with one attached hydrogen (secondary N) is 1. The van der Waals surface area contributed by atoms with Crippen molar-refractivity contribution in [1.82, 2.24) is 15.1 Å². The van der Waals surface area contributed by atoms with Crippen LogP contribution < -0.4 is 10.2 Å². The summed E-state index contributed by atoms with van der Waals surface area (Å²) < 4.78 is 1.86. The van der Waals surface area contributed by atoms with Gasteiger partial charge in [-0.05, 0) is 12.5 Å². The van der Waals surface area contributed by atoms with Crippen molar-refractivity contribution in [3.63, 3.8) is 0 Å². The van der Waals surface area contributed by atoms with Gasteiger partial charge in [-0.25, -0.2) is 0 Å². The second-order valence-electron chi connectivity index (χ2n) is 5.42. The lowest BCUT2D eigenvalue weighted by Crippen LogP contribution is -2.56. The molecule has 0 amide bonds. The number of benzene rings is 1. The molecule has 0 spiro atoms. The van der Waals surface area contributed by atoms with Crippen LogP contribution in [0, 0.1) is 0 Å². The van der Waals surface area contributed by atoms with Gasteiger partial charge in [0, 0.05) is 32.9 Å². The Kier molecular flexibility index (Phi) is 3.03. The summed E-state index contributed by atoms with van der Waals surface area (Å²) >= 11 is 0. The molecule has 1 aliphatic heterocycles. The van der Waals surface area contributed by atoms with Crippen molar-refractivity contribution in [2.45, 2.75) is 12.5 Å². The predicted octanol–water partition coefficient (Wildman–Crippen LogP) is 1.75. The molecule has 19 heavy (non-hydrogen) atoms. The van der Waals surface area contributed by atoms with Gasteiger partial charge in [0.25, 0.3) is 0 Å². The van der Waals surface area contributed by atoms with Crippen molar-refractivity contribution < 1.29 is 0 Å². The fourth-order valence-corrected chi connectivity index (χ4v) is 2.77. The minimum atomic E-state index is -0.00461. The molecular formula is C15H20N4. The third kappa shape index (κ3) is 2.36. The summed E-state index contributed by atoms with van der Waals surface area (Å²) in [5.74, 6) is 0. The molecule has 1 saturated heterocycles. The highest BCUT2D eigenvalue weighted by Gasteiger charge is 2.32. The van der Waals surface area contributed by atoms with E-state index in [0.717, 1.165) is 19.6 Å². The normalized spacial score (nSPS) is 23.6. The maximum absolute atomic E-state index is 4.27. The fraction of sp³-hybridized carbons (Fsp3) is 0.400. The van der Waals surface area contributed by atoms with Gasteiger partial charge in [-0.2, -0.15) is 5.10 Å². The van der Waals surface area contributed by atoms with E-state index in [2.05, 4.69) is 58.8 Å². The SMILES string of the molecule is Cn1cc(N2CCNC(C)(c3ccccc3)C2)cn1. The molecule has 4 heteroatoms. The molecule has 0 bridgehead atoms. The molecule has 100 valence electrons. The highest BCUT2D eigenvalue weighted by molar-refractivity contribution is 5.45. The summed E-state index contributed by atoms with van der Waals surface area (Å²) in [7, 11) is 1.96. The Morgan fingerprint density at radius 1 is 1.26 bits per heavy atom. The molecule has 1 aliphatic rings. The standard InChI is InChI=1S/C15H20N4/c1-15(13-6-4-3-5-7-13)12-19(9-8-16-15)14-10-17-18(2)11-14/h3-7,10-11,16H,8-9,12H2,1-2H3. The number of hydrogen-bond acceptors (Lipinski definition) is 3. The van der Waals surface area contributed by atoms with E-state index in [-0.39, 0.29) is 5.54 Å². The molecule has 1 unspecified atom stereocenters. The van der Waals surface area contributed by atoms with Crippen molar-refractivity contribution in [2.24, 2.45) is 7.05 Å². The van der Waals surface area contributed by atoms with Gasteiger partial charge >= 0.3 is 0 Å². The van der Waals surface area contributed by atoms with Gasteiger partial charge in [0.05, 0.1) is 17.4 Å². The first kappa shape index (κ1) is 12.2. The van der Waals surface area contributed by atoms with Gasteiger partial charge in [0.15, 0.2) is 0 Å². The van der Waals surface area contributed by atoms with E-state index in [9.17, 15) is 0 Å². The fourth-order valence-electron chi connectivity index (χ4n) is 2.77. The molecule has 1 fully saturated rings. The average molecular weight is 256 g/mol. The third-order valence-electron chi connectivity index (χ3n) is 3.87. The van der Waals surface area contributed by atoms with Crippen molar-refractivity contribution in [3.05, 3.63) is 48.3 Å². The zero-order chi connectivity index (χ0) is 13.3. The maximum atomic E-state index is 4.27. The molecule has 0 saturated carbocycles. The largest absolute Gasteiger partial charge is 0.366 e. The van der Waals surface area contributed by atoms with Gasteiger partial charge in [-0.3, -0.25) is 4.68 Å². The molecule has 2 aromatic rings. The lowest BCUT2D eigenvalue weighted by molar-refractivity contribution is 0.332. The van der Waals surface area contributed by atoms with Crippen molar-refractivity contribution in [2.75, 3.05) is 24.5 Å². The summed E-state index contributed by atoms with van der Waals surface area (Å²) in [6.45, 7) is 5.24. The maximum Gasteiger partial charge on any atom is 0.0753 e. The highest BCUT2D eigenvalue weighted by Crippen LogP contribution is 2.27. The first-order valence-electron chi connectivity index (χ1n) is 6.71. The van der Waals surface area contributed by atoms with Crippen molar-refractivity contribution in [1.29, 1.82) is 0 Å². The van der Waals surface area contributed by atoms with Crippen molar-refractivity contribution >= 4 is 5.69 Å². The van der Waals surface area contributed by atoms with E-state index in [1.807, 2.05) is 17.9 Å². The summed E-state index contributed by atoms with van der Waals surface area (Å²) in [5, 5.41) is 7.92. The van der Waals surface area contributed by atoms with Crippen LogP contribution in [0.1, 0.15) is 12.5 Å². The number of aryl methyl sites for hydroxylation is 1. The first-order chi connectivity index (χ1) is 9.17. The number of nitrogens with zero attached hydrogens (tertiary/aromatic N) is 3. The van der Waals surface area contributed by atoms with E-state index < -0.39 is 0 Å². The molecule has 1 aromatic heterocycles. The number of rotatable bonds is 2. The second-order valence-corrected chi connectivity index (χ2v) is 5.42. The van der Waals surface area contributed by atoms with E-state index in [0.29, 0.717) is 0 Å². The van der Waals surface area contributed by atoms with E-state index in [4.69, 9.17) is 0 Å². The second kappa shape index (κ2) is 4.70. The third-order valence-corrected chi connectivity index (χ3v) is 3.87. The molecule has 0 aliphatic carbocycles. The van der Waals surface area contributed by atoms with Gasteiger partial charge in [0.1, 0.15) is 0 Å². The Hall–Kier alpha value is -1.81. The van der Waals surface area contributed by atoms with Gasteiger partial charge in [-0.1, -0.05) is 30.3 Å². The van der Waals surface area contributed by atoms with Crippen LogP contribution in [0.4, 0.5) is 5.69 Å². The predicted molar refractivity (Wildman–Crippen MR) is 77.2 cm³/mol. The minimum Gasteiger partial charge on any atom is -0.366 e. The minimum absolute atomic E-state index is 0.00461. The summed E-state index contributed by atoms with van der Waals surface area (Å²) in [5.41, 5.74) is 2.53. The summed E-state index contributed by atoms with van der Waals surface area (Å²) in [6, 6.07) is 10.7. The molecule has 0 radical (unpaired) electrons. The quantitative estimate of drug-likeness (QED) is 0.888. The highest BCUT2D eigenvalue weighted by atomic mass is 15.3. The van der Waals surface area contributed by atoms with Crippen LogP contribution in [0.5, 0.6) is 0 Å². The van der Waals surface area contributed by atoms with Crippen LogP contribution in [0.15, 0.2) is 42.7 Å². The lowest BCUT2D eigenvalue weighted by Gasteiger charge is -2.42.